The predicted molar refractivity (Wildman–Crippen MR) is 78.7 cm³/mol. The molecule has 22 heavy (non-hydrogen) atoms. The van der Waals surface area contributed by atoms with E-state index in [0.717, 1.165) is 0 Å². The Hall–Kier alpha value is -2.70. The Morgan fingerprint density at radius 1 is 1.14 bits per heavy atom. The van der Waals surface area contributed by atoms with E-state index in [4.69, 9.17) is 14.2 Å². The largest absolute Gasteiger partial charge is 0.493 e. The summed E-state index contributed by atoms with van der Waals surface area (Å²) >= 11 is 0. The van der Waals surface area contributed by atoms with E-state index >= 15 is 0 Å². The SMILES string of the molecule is COC(=O)C1=C(C)NC(=O)N[C@H]1c1ccc(OC)c(OC)c1. The summed E-state index contributed by atoms with van der Waals surface area (Å²) in [6.45, 7) is 1.65. The molecule has 0 bridgehead atoms. The van der Waals surface area contributed by atoms with E-state index in [0.29, 0.717) is 28.3 Å². The van der Waals surface area contributed by atoms with E-state index in [2.05, 4.69) is 10.6 Å². The quantitative estimate of drug-likeness (QED) is 0.823. The zero-order valence-corrected chi connectivity index (χ0v) is 12.9. The van der Waals surface area contributed by atoms with Crippen molar-refractivity contribution in [2.75, 3.05) is 21.3 Å². The summed E-state index contributed by atoms with van der Waals surface area (Å²) in [5, 5.41) is 5.28. The Bertz CT molecular complexity index is 639. The molecule has 0 spiro atoms. The van der Waals surface area contributed by atoms with Crippen LogP contribution in [0.15, 0.2) is 29.5 Å². The lowest BCUT2D eigenvalue weighted by molar-refractivity contribution is -0.136. The van der Waals surface area contributed by atoms with E-state index < -0.39 is 12.0 Å². The Balaban J connectivity index is 2.50. The average molecular weight is 306 g/mol. The van der Waals surface area contributed by atoms with Gasteiger partial charge < -0.3 is 24.8 Å². The van der Waals surface area contributed by atoms with Crippen molar-refractivity contribution in [3.63, 3.8) is 0 Å². The number of amides is 2. The molecule has 0 unspecified atom stereocenters. The van der Waals surface area contributed by atoms with Gasteiger partial charge in [-0.2, -0.15) is 0 Å². The molecule has 0 saturated carbocycles. The van der Waals surface area contributed by atoms with E-state index in [1.807, 2.05) is 0 Å². The number of nitrogens with one attached hydrogen (secondary N) is 2. The van der Waals surface area contributed by atoms with Gasteiger partial charge in [-0.3, -0.25) is 0 Å². The summed E-state index contributed by atoms with van der Waals surface area (Å²) in [4.78, 5) is 23.7. The van der Waals surface area contributed by atoms with Crippen molar-refractivity contribution in [1.82, 2.24) is 10.6 Å². The Morgan fingerprint density at radius 3 is 2.41 bits per heavy atom. The minimum atomic E-state index is -0.624. The van der Waals surface area contributed by atoms with Gasteiger partial charge in [-0.05, 0) is 24.6 Å². The smallest absolute Gasteiger partial charge is 0.337 e. The Morgan fingerprint density at radius 2 is 1.82 bits per heavy atom. The normalized spacial score (nSPS) is 17.5. The summed E-state index contributed by atoms with van der Waals surface area (Å²) < 4.78 is 15.3. The van der Waals surface area contributed by atoms with Crippen LogP contribution >= 0.6 is 0 Å². The lowest BCUT2D eigenvalue weighted by atomic mass is 9.95. The summed E-state index contributed by atoms with van der Waals surface area (Å²) in [6, 6.07) is 4.18. The van der Waals surface area contributed by atoms with E-state index in [1.54, 1.807) is 25.1 Å². The van der Waals surface area contributed by atoms with Gasteiger partial charge in [0.05, 0.1) is 32.9 Å². The van der Waals surface area contributed by atoms with Gasteiger partial charge >= 0.3 is 12.0 Å². The Labute approximate surface area is 128 Å². The van der Waals surface area contributed by atoms with E-state index in [9.17, 15) is 9.59 Å². The minimum absolute atomic E-state index is 0.342. The zero-order chi connectivity index (χ0) is 16.3. The second-order valence-corrected chi connectivity index (χ2v) is 4.68. The first-order chi connectivity index (χ1) is 10.5. The molecule has 2 amide bonds. The number of ether oxygens (including phenoxy) is 3. The van der Waals surface area contributed by atoms with Crippen molar-refractivity contribution < 1.29 is 23.8 Å². The van der Waals surface area contributed by atoms with Gasteiger partial charge in [0, 0.05) is 5.70 Å². The van der Waals surface area contributed by atoms with Crippen molar-refractivity contribution in [2.45, 2.75) is 13.0 Å². The Kier molecular flexibility index (Phi) is 4.55. The molecule has 0 fully saturated rings. The molecule has 0 aromatic heterocycles. The minimum Gasteiger partial charge on any atom is -0.493 e. The molecule has 0 aliphatic carbocycles. The molecule has 2 rings (SSSR count). The van der Waals surface area contributed by atoms with Crippen LogP contribution in [-0.2, 0) is 9.53 Å². The van der Waals surface area contributed by atoms with Crippen LogP contribution in [0.3, 0.4) is 0 Å². The van der Waals surface area contributed by atoms with Crippen LogP contribution in [-0.4, -0.2) is 33.3 Å². The van der Waals surface area contributed by atoms with Gasteiger partial charge in [0.1, 0.15) is 0 Å². The van der Waals surface area contributed by atoms with Crippen LogP contribution < -0.4 is 20.1 Å². The molecule has 1 aliphatic heterocycles. The van der Waals surface area contributed by atoms with Gasteiger partial charge in [-0.1, -0.05) is 6.07 Å². The molecule has 0 saturated heterocycles. The predicted octanol–water partition coefficient (Wildman–Crippen LogP) is 1.50. The molecule has 1 heterocycles. The first-order valence-electron chi connectivity index (χ1n) is 6.60. The van der Waals surface area contributed by atoms with Gasteiger partial charge in [0.15, 0.2) is 11.5 Å². The van der Waals surface area contributed by atoms with Crippen molar-refractivity contribution in [2.24, 2.45) is 0 Å². The topological polar surface area (TPSA) is 85.9 Å². The number of hydrogen-bond acceptors (Lipinski definition) is 5. The number of allylic oxidation sites excluding steroid dienone is 1. The van der Waals surface area contributed by atoms with E-state index in [1.165, 1.54) is 21.3 Å². The summed E-state index contributed by atoms with van der Waals surface area (Å²) in [7, 11) is 4.35. The third-order valence-corrected chi connectivity index (χ3v) is 3.42. The van der Waals surface area contributed by atoms with Crippen molar-refractivity contribution in [3.05, 3.63) is 35.0 Å². The van der Waals surface area contributed by atoms with Crippen molar-refractivity contribution >= 4 is 12.0 Å². The number of hydrogen-bond donors (Lipinski definition) is 2. The monoisotopic (exact) mass is 306 g/mol. The van der Waals surface area contributed by atoms with Gasteiger partial charge in [-0.25, -0.2) is 9.59 Å². The van der Waals surface area contributed by atoms with Gasteiger partial charge in [0.2, 0.25) is 0 Å². The average Bonchev–Trinajstić information content (AvgIpc) is 2.52. The van der Waals surface area contributed by atoms with Gasteiger partial charge in [0.25, 0.3) is 0 Å². The highest BCUT2D eigenvalue weighted by Gasteiger charge is 2.32. The maximum absolute atomic E-state index is 12.0. The molecule has 1 aromatic carbocycles. The number of carbonyl (C=O) groups is 2. The molecular weight excluding hydrogens is 288 g/mol. The summed E-state index contributed by atoms with van der Waals surface area (Å²) in [5.41, 5.74) is 1.48. The molecule has 7 nitrogen and oxygen atoms in total. The van der Waals surface area contributed by atoms with Crippen LogP contribution in [0.25, 0.3) is 0 Å². The number of methoxy groups -OCH3 is 3. The standard InChI is InChI=1S/C15H18N2O5/c1-8-12(14(18)22-4)13(17-15(19)16-8)9-5-6-10(20-2)11(7-9)21-3/h5-7,13H,1-4H3,(H2,16,17,19)/t13-/m0/s1. The third kappa shape index (κ3) is 2.83. The highest BCUT2D eigenvalue weighted by atomic mass is 16.5. The van der Waals surface area contributed by atoms with Crippen LogP contribution in [0.2, 0.25) is 0 Å². The summed E-state index contributed by atoms with van der Waals surface area (Å²) in [6.07, 6.45) is 0. The first kappa shape index (κ1) is 15.7. The lowest BCUT2D eigenvalue weighted by Crippen LogP contribution is -2.45. The molecule has 0 radical (unpaired) electrons. The fourth-order valence-electron chi connectivity index (χ4n) is 2.36. The van der Waals surface area contributed by atoms with Crippen LogP contribution in [0.1, 0.15) is 18.5 Å². The number of urea groups is 1. The maximum Gasteiger partial charge on any atom is 0.337 e. The van der Waals surface area contributed by atoms with Crippen LogP contribution in [0.4, 0.5) is 4.79 Å². The van der Waals surface area contributed by atoms with E-state index in [-0.39, 0.29) is 6.03 Å². The van der Waals surface area contributed by atoms with Crippen LogP contribution in [0, 0.1) is 0 Å². The van der Waals surface area contributed by atoms with Gasteiger partial charge in [-0.15, -0.1) is 0 Å². The van der Waals surface area contributed by atoms with Crippen molar-refractivity contribution in [3.8, 4) is 11.5 Å². The van der Waals surface area contributed by atoms with Crippen molar-refractivity contribution in [1.29, 1.82) is 0 Å². The highest BCUT2D eigenvalue weighted by Crippen LogP contribution is 2.34. The fourth-order valence-corrected chi connectivity index (χ4v) is 2.36. The molecule has 7 heteroatoms. The zero-order valence-electron chi connectivity index (χ0n) is 12.9. The fraction of sp³-hybridized carbons (Fsp3) is 0.333. The molecular formula is C15H18N2O5. The molecule has 2 N–H and O–H groups in total. The highest BCUT2D eigenvalue weighted by molar-refractivity contribution is 5.94. The van der Waals surface area contributed by atoms with Crippen LogP contribution in [0.5, 0.6) is 11.5 Å². The molecule has 118 valence electrons. The molecule has 1 atom stereocenters. The molecule has 1 aromatic rings. The third-order valence-electron chi connectivity index (χ3n) is 3.42. The summed E-state index contributed by atoms with van der Waals surface area (Å²) in [5.74, 6) is 0.561. The lowest BCUT2D eigenvalue weighted by Gasteiger charge is -2.28. The maximum atomic E-state index is 12.0. The first-order valence-corrected chi connectivity index (χ1v) is 6.60. The number of rotatable bonds is 4. The second-order valence-electron chi connectivity index (χ2n) is 4.68. The molecule has 1 aliphatic rings. The number of carbonyl (C=O) groups excluding carboxylic acids is 2. The number of benzene rings is 1. The second kappa shape index (κ2) is 6.38. The number of esters is 1.